The number of hydrogen-bond donors (Lipinski definition) is 2. The van der Waals surface area contributed by atoms with Gasteiger partial charge in [-0.1, -0.05) is 25.1 Å². The van der Waals surface area contributed by atoms with E-state index in [1.54, 1.807) is 0 Å². The average Bonchev–Trinajstić information content (AvgIpc) is 2.35. The van der Waals surface area contributed by atoms with Gasteiger partial charge in [-0.15, -0.1) is 0 Å². The van der Waals surface area contributed by atoms with Gasteiger partial charge in [-0.25, -0.2) is 0 Å². The van der Waals surface area contributed by atoms with Crippen LogP contribution in [-0.4, -0.2) is 23.9 Å². The molecule has 1 atom stereocenters. The molecule has 0 aromatic heterocycles. The lowest BCUT2D eigenvalue weighted by Crippen LogP contribution is -2.20. The van der Waals surface area contributed by atoms with Crippen molar-refractivity contribution in [2.45, 2.75) is 52.4 Å². The molecule has 102 valence electrons. The van der Waals surface area contributed by atoms with Crippen LogP contribution >= 0.6 is 0 Å². The van der Waals surface area contributed by atoms with Crippen LogP contribution in [0, 0.1) is 0 Å². The van der Waals surface area contributed by atoms with Gasteiger partial charge in [-0.05, 0) is 39.3 Å². The minimum absolute atomic E-state index is 0.188. The van der Waals surface area contributed by atoms with Crippen LogP contribution in [0.3, 0.4) is 0 Å². The predicted octanol–water partition coefficient (Wildman–Crippen LogP) is 2.72. The maximum Gasteiger partial charge on any atom is 0.124 e. The molecular weight excluding hydrogens is 226 g/mol. The van der Waals surface area contributed by atoms with Gasteiger partial charge in [0.15, 0.2) is 0 Å². The Morgan fingerprint density at radius 2 is 2.00 bits per heavy atom. The number of aliphatic hydroxyl groups is 1. The lowest BCUT2D eigenvalue weighted by Gasteiger charge is -2.15. The second-order valence-corrected chi connectivity index (χ2v) is 4.80. The molecule has 3 nitrogen and oxygen atoms in total. The van der Waals surface area contributed by atoms with Crippen LogP contribution in [0.4, 0.5) is 0 Å². The predicted molar refractivity (Wildman–Crippen MR) is 74.8 cm³/mol. The van der Waals surface area contributed by atoms with Crippen LogP contribution in [0.25, 0.3) is 0 Å². The first-order valence-corrected chi connectivity index (χ1v) is 6.76. The number of nitrogens with one attached hydrogen (secondary N) is 1. The summed E-state index contributed by atoms with van der Waals surface area (Å²) in [6.07, 6.45) is 1.60. The van der Waals surface area contributed by atoms with Gasteiger partial charge in [0.2, 0.25) is 0 Å². The summed E-state index contributed by atoms with van der Waals surface area (Å²) in [6, 6.07) is 8.08. The number of benzene rings is 1. The SMILES string of the molecule is CCC(O)CCNCc1ccccc1OC(C)C. The van der Waals surface area contributed by atoms with Crippen LogP contribution in [-0.2, 0) is 6.54 Å². The van der Waals surface area contributed by atoms with Crippen molar-refractivity contribution in [3.8, 4) is 5.75 Å². The number of aliphatic hydroxyl groups excluding tert-OH is 1. The Labute approximate surface area is 110 Å². The summed E-state index contributed by atoms with van der Waals surface area (Å²) in [5.74, 6) is 0.941. The van der Waals surface area contributed by atoms with E-state index in [9.17, 15) is 5.11 Å². The van der Waals surface area contributed by atoms with Crippen molar-refractivity contribution in [3.63, 3.8) is 0 Å². The first-order chi connectivity index (χ1) is 8.63. The van der Waals surface area contributed by atoms with E-state index in [2.05, 4.69) is 11.4 Å². The highest BCUT2D eigenvalue weighted by molar-refractivity contribution is 5.33. The van der Waals surface area contributed by atoms with Crippen LogP contribution in [0.2, 0.25) is 0 Å². The summed E-state index contributed by atoms with van der Waals surface area (Å²) in [4.78, 5) is 0. The van der Waals surface area contributed by atoms with E-state index in [1.807, 2.05) is 39.0 Å². The fourth-order valence-electron chi connectivity index (χ4n) is 1.71. The molecule has 2 N–H and O–H groups in total. The lowest BCUT2D eigenvalue weighted by atomic mass is 10.2. The van der Waals surface area contributed by atoms with Gasteiger partial charge in [-0.2, -0.15) is 0 Å². The van der Waals surface area contributed by atoms with Crippen molar-refractivity contribution in [3.05, 3.63) is 29.8 Å². The summed E-state index contributed by atoms with van der Waals surface area (Å²) < 4.78 is 5.76. The molecule has 0 saturated heterocycles. The Balaban J connectivity index is 2.41. The minimum atomic E-state index is -0.195. The largest absolute Gasteiger partial charge is 0.491 e. The maximum atomic E-state index is 9.46. The molecule has 0 spiro atoms. The smallest absolute Gasteiger partial charge is 0.124 e. The van der Waals surface area contributed by atoms with E-state index < -0.39 is 0 Å². The third-order valence-corrected chi connectivity index (χ3v) is 2.78. The molecule has 0 radical (unpaired) electrons. The van der Waals surface area contributed by atoms with Crippen molar-refractivity contribution < 1.29 is 9.84 Å². The van der Waals surface area contributed by atoms with Crippen LogP contribution in [0.15, 0.2) is 24.3 Å². The van der Waals surface area contributed by atoms with Crippen molar-refractivity contribution in [1.29, 1.82) is 0 Å². The monoisotopic (exact) mass is 251 g/mol. The summed E-state index contributed by atoms with van der Waals surface area (Å²) in [7, 11) is 0. The Morgan fingerprint density at radius 1 is 1.28 bits per heavy atom. The van der Waals surface area contributed by atoms with Gasteiger partial charge < -0.3 is 15.2 Å². The fraction of sp³-hybridized carbons (Fsp3) is 0.600. The molecule has 0 aliphatic carbocycles. The molecule has 0 fully saturated rings. The molecule has 3 heteroatoms. The second-order valence-electron chi connectivity index (χ2n) is 4.80. The van der Waals surface area contributed by atoms with Crippen LogP contribution in [0.5, 0.6) is 5.75 Å². The zero-order valence-corrected chi connectivity index (χ0v) is 11.6. The second kappa shape index (κ2) is 8.11. The number of ether oxygens (including phenoxy) is 1. The molecule has 0 aliphatic heterocycles. The Kier molecular flexibility index (Phi) is 6.76. The Hall–Kier alpha value is -1.06. The van der Waals surface area contributed by atoms with Gasteiger partial charge in [0, 0.05) is 12.1 Å². The van der Waals surface area contributed by atoms with Crippen molar-refractivity contribution in [1.82, 2.24) is 5.32 Å². The first-order valence-electron chi connectivity index (χ1n) is 6.76. The van der Waals surface area contributed by atoms with Gasteiger partial charge in [0.1, 0.15) is 5.75 Å². The number of hydrogen-bond acceptors (Lipinski definition) is 3. The minimum Gasteiger partial charge on any atom is -0.491 e. The summed E-state index contributed by atoms with van der Waals surface area (Å²) in [5.41, 5.74) is 1.16. The van der Waals surface area contributed by atoms with Gasteiger partial charge >= 0.3 is 0 Å². The number of para-hydroxylation sites is 1. The summed E-state index contributed by atoms with van der Waals surface area (Å²) in [5, 5.41) is 12.8. The standard InChI is InChI=1S/C15H25NO2/c1-4-14(17)9-10-16-11-13-7-5-6-8-15(13)18-12(2)3/h5-8,12,14,16-17H,4,9-11H2,1-3H3. The quantitative estimate of drug-likeness (QED) is 0.698. The molecule has 0 bridgehead atoms. The van der Waals surface area contributed by atoms with Gasteiger partial charge in [0.05, 0.1) is 12.2 Å². The molecule has 18 heavy (non-hydrogen) atoms. The molecule has 0 heterocycles. The maximum absolute atomic E-state index is 9.46. The van der Waals surface area contributed by atoms with Crippen LogP contribution in [0.1, 0.15) is 39.2 Å². The molecule has 0 aliphatic rings. The van der Waals surface area contributed by atoms with Crippen molar-refractivity contribution in [2.24, 2.45) is 0 Å². The highest BCUT2D eigenvalue weighted by Crippen LogP contribution is 2.19. The molecule has 1 aromatic carbocycles. The summed E-state index contributed by atoms with van der Waals surface area (Å²) in [6.45, 7) is 7.66. The van der Waals surface area contributed by atoms with E-state index in [4.69, 9.17) is 4.74 Å². The van der Waals surface area contributed by atoms with E-state index in [1.165, 1.54) is 0 Å². The van der Waals surface area contributed by atoms with Crippen molar-refractivity contribution >= 4 is 0 Å². The summed E-state index contributed by atoms with van der Waals surface area (Å²) >= 11 is 0. The van der Waals surface area contributed by atoms with Crippen LogP contribution < -0.4 is 10.1 Å². The topological polar surface area (TPSA) is 41.5 Å². The average molecular weight is 251 g/mol. The molecule has 1 rings (SSSR count). The molecule has 1 aromatic rings. The van der Waals surface area contributed by atoms with E-state index in [-0.39, 0.29) is 12.2 Å². The zero-order valence-electron chi connectivity index (χ0n) is 11.6. The normalized spacial score (nSPS) is 12.7. The van der Waals surface area contributed by atoms with E-state index >= 15 is 0 Å². The van der Waals surface area contributed by atoms with Crippen molar-refractivity contribution in [2.75, 3.05) is 6.54 Å². The molecule has 1 unspecified atom stereocenters. The third kappa shape index (κ3) is 5.52. The first kappa shape index (κ1) is 15.0. The molecule has 0 saturated carbocycles. The highest BCUT2D eigenvalue weighted by Gasteiger charge is 2.05. The highest BCUT2D eigenvalue weighted by atomic mass is 16.5. The lowest BCUT2D eigenvalue weighted by molar-refractivity contribution is 0.159. The Morgan fingerprint density at radius 3 is 2.67 bits per heavy atom. The Bertz CT molecular complexity index is 339. The molecular formula is C15H25NO2. The third-order valence-electron chi connectivity index (χ3n) is 2.78. The van der Waals surface area contributed by atoms with Gasteiger partial charge in [0.25, 0.3) is 0 Å². The van der Waals surface area contributed by atoms with Gasteiger partial charge in [-0.3, -0.25) is 0 Å². The number of rotatable bonds is 8. The molecule has 0 amide bonds. The fourth-order valence-corrected chi connectivity index (χ4v) is 1.71. The zero-order chi connectivity index (χ0) is 13.4. The van der Waals surface area contributed by atoms with E-state index in [0.29, 0.717) is 0 Å². The van der Waals surface area contributed by atoms with E-state index in [0.717, 1.165) is 37.2 Å².